The second-order valence-electron chi connectivity index (χ2n) is 3.11. The van der Waals surface area contributed by atoms with Gasteiger partial charge in [-0.3, -0.25) is 4.79 Å². The molecule has 2 rings (SSSR count). The lowest BCUT2D eigenvalue weighted by Crippen LogP contribution is -2.35. The van der Waals surface area contributed by atoms with E-state index < -0.39 is 0 Å². The van der Waals surface area contributed by atoms with E-state index in [9.17, 15) is 9.90 Å². The van der Waals surface area contributed by atoms with Crippen LogP contribution in [0.25, 0.3) is 0 Å². The summed E-state index contributed by atoms with van der Waals surface area (Å²) < 4.78 is 0. The average molecular weight is 178 g/mol. The van der Waals surface area contributed by atoms with Crippen molar-refractivity contribution in [1.29, 1.82) is 0 Å². The maximum Gasteiger partial charge on any atom is 0.243 e. The van der Waals surface area contributed by atoms with E-state index >= 15 is 0 Å². The van der Waals surface area contributed by atoms with E-state index in [0.717, 1.165) is 5.69 Å². The predicted molar refractivity (Wildman–Crippen MR) is 50.0 cm³/mol. The van der Waals surface area contributed by atoms with Crippen LogP contribution in [0.3, 0.4) is 0 Å². The van der Waals surface area contributed by atoms with Gasteiger partial charge in [0.05, 0.1) is 17.9 Å². The highest BCUT2D eigenvalue weighted by Gasteiger charge is 2.18. The van der Waals surface area contributed by atoms with Crippen LogP contribution in [-0.4, -0.2) is 24.6 Å². The fraction of sp³-hybridized carbons (Fsp3) is 0.222. The quantitative estimate of drug-likeness (QED) is 0.617. The molecular weight excluding hydrogens is 168 g/mol. The van der Waals surface area contributed by atoms with E-state index in [2.05, 4.69) is 5.32 Å². The smallest absolute Gasteiger partial charge is 0.243 e. The van der Waals surface area contributed by atoms with Gasteiger partial charge < -0.3 is 15.3 Å². The Bertz CT molecular complexity index is 363. The fourth-order valence-corrected chi connectivity index (χ4v) is 1.45. The van der Waals surface area contributed by atoms with Crippen molar-refractivity contribution in [3.05, 3.63) is 18.2 Å². The maximum atomic E-state index is 11.1. The Morgan fingerprint density at radius 2 is 2.31 bits per heavy atom. The van der Waals surface area contributed by atoms with Gasteiger partial charge in [-0.05, 0) is 12.1 Å². The van der Waals surface area contributed by atoms with Gasteiger partial charge in [0.2, 0.25) is 5.91 Å². The minimum Gasteiger partial charge on any atom is -0.508 e. The number of carbonyl (C=O) groups excluding carboxylic acids is 1. The average Bonchev–Trinajstić information content (AvgIpc) is 2.02. The van der Waals surface area contributed by atoms with Gasteiger partial charge in [-0.1, -0.05) is 0 Å². The largest absolute Gasteiger partial charge is 0.508 e. The summed E-state index contributed by atoms with van der Waals surface area (Å²) in [6.07, 6.45) is 0. The zero-order chi connectivity index (χ0) is 9.42. The molecule has 0 spiro atoms. The van der Waals surface area contributed by atoms with Gasteiger partial charge >= 0.3 is 0 Å². The Kier molecular flexibility index (Phi) is 1.62. The van der Waals surface area contributed by atoms with Crippen LogP contribution in [0, 0.1) is 0 Å². The number of fused-ring (bicyclic) bond motifs is 1. The molecule has 1 aliphatic rings. The van der Waals surface area contributed by atoms with Crippen molar-refractivity contribution in [2.24, 2.45) is 0 Å². The van der Waals surface area contributed by atoms with E-state index in [0.29, 0.717) is 12.2 Å². The summed E-state index contributed by atoms with van der Waals surface area (Å²) in [6.45, 7) is 0.359. The molecule has 0 saturated heterocycles. The van der Waals surface area contributed by atoms with Crippen LogP contribution in [0.5, 0.6) is 5.75 Å². The monoisotopic (exact) mass is 178 g/mol. The Morgan fingerprint density at radius 1 is 1.54 bits per heavy atom. The highest BCUT2D eigenvalue weighted by molar-refractivity contribution is 6.01. The van der Waals surface area contributed by atoms with Gasteiger partial charge in [0.15, 0.2) is 0 Å². The second-order valence-corrected chi connectivity index (χ2v) is 3.11. The molecule has 0 atom stereocenters. The molecule has 0 unspecified atom stereocenters. The first-order valence-electron chi connectivity index (χ1n) is 4.01. The second kappa shape index (κ2) is 2.65. The zero-order valence-electron chi connectivity index (χ0n) is 7.24. The number of hydrogen-bond donors (Lipinski definition) is 2. The zero-order valence-corrected chi connectivity index (χ0v) is 7.24. The van der Waals surface area contributed by atoms with Crippen LogP contribution in [0.1, 0.15) is 0 Å². The third kappa shape index (κ3) is 1.30. The van der Waals surface area contributed by atoms with E-state index in [1.165, 1.54) is 0 Å². The molecule has 0 fully saturated rings. The van der Waals surface area contributed by atoms with Gasteiger partial charge in [-0.15, -0.1) is 0 Å². The van der Waals surface area contributed by atoms with Crippen LogP contribution >= 0.6 is 0 Å². The van der Waals surface area contributed by atoms with Crippen molar-refractivity contribution in [2.45, 2.75) is 0 Å². The summed E-state index contributed by atoms with van der Waals surface area (Å²) in [7, 11) is 1.84. The van der Waals surface area contributed by atoms with E-state index in [1.54, 1.807) is 18.2 Å². The minimum atomic E-state index is -0.0550. The lowest BCUT2D eigenvalue weighted by molar-refractivity contribution is -0.115. The van der Waals surface area contributed by atoms with Gasteiger partial charge in [-0.25, -0.2) is 0 Å². The molecule has 1 aliphatic heterocycles. The maximum absolute atomic E-state index is 11.1. The number of phenolic OH excluding ortho intramolecular Hbond substituents is 1. The summed E-state index contributed by atoms with van der Waals surface area (Å²) in [5, 5.41) is 11.9. The van der Waals surface area contributed by atoms with Crippen molar-refractivity contribution in [1.82, 2.24) is 0 Å². The number of nitrogens with zero attached hydrogens (tertiary/aromatic N) is 1. The third-order valence-corrected chi connectivity index (χ3v) is 2.05. The molecule has 4 heteroatoms. The number of likely N-dealkylation sites (N-methyl/N-ethyl adjacent to an activating group) is 1. The summed E-state index contributed by atoms with van der Waals surface area (Å²) in [5.41, 5.74) is 1.59. The molecule has 0 aliphatic carbocycles. The summed E-state index contributed by atoms with van der Waals surface area (Å²) in [6, 6.07) is 4.93. The molecule has 0 aromatic heterocycles. The lowest BCUT2D eigenvalue weighted by atomic mass is 10.2. The Hall–Kier alpha value is -1.71. The molecule has 1 aromatic rings. The highest BCUT2D eigenvalue weighted by Crippen LogP contribution is 2.31. The number of phenols is 1. The van der Waals surface area contributed by atoms with Crippen LogP contribution < -0.4 is 10.2 Å². The molecule has 13 heavy (non-hydrogen) atoms. The minimum absolute atomic E-state index is 0.0550. The van der Waals surface area contributed by atoms with Crippen LogP contribution in [0.2, 0.25) is 0 Å². The molecule has 1 aromatic carbocycles. The third-order valence-electron chi connectivity index (χ3n) is 2.05. The number of benzene rings is 1. The first-order chi connectivity index (χ1) is 6.16. The number of carbonyl (C=O) groups is 1. The van der Waals surface area contributed by atoms with Crippen LogP contribution in [0.15, 0.2) is 18.2 Å². The SMILES string of the molecule is CN1CC(=O)Nc2cc(O)ccc21. The number of nitrogens with one attached hydrogen (secondary N) is 1. The van der Waals surface area contributed by atoms with Gasteiger partial charge in [0, 0.05) is 13.1 Å². The van der Waals surface area contributed by atoms with Crippen molar-refractivity contribution in [3.63, 3.8) is 0 Å². The van der Waals surface area contributed by atoms with Crippen molar-refractivity contribution in [2.75, 3.05) is 23.8 Å². The van der Waals surface area contributed by atoms with Crippen LogP contribution in [0.4, 0.5) is 11.4 Å². The number of hydrogen-bond acceptors (Lipinski definition) is 3. The molecule has 2 N–H and O–H groups in total. The molecule has 1 heterocycles. The Morgan fingerprint density at radius 3 is 3.08 bits per heavy atom. The molecule has 0 radical (unpaired) electrons. The molecule has 0 bridgehead atoms. The van der Waals surface area contributed by atoms with Crippen molar-refractivity contribution in [3.8, 4) is 5.75 Å². The molecule has 4 nitrogen and oxygen atoms in total. The number of rotatable bonds is 0. The fourth-order valence-electron chi connectivity index (χ4n) is 1.45. The summed E-state index contributed by atoms with van der Waals surface area (Å²) in [5.74, 6) is 0.106. The normalized spacial score (nSPS) is 15.2. The molecular formula is C9H10N2O2. The lowest BCUT2D eigenvalue weighted by Gasteiger charge is -2.27. The summed E-state index contributed by atoms with van der Waals surface area (Å²) >= 11 is 0. The Balaban J connectivity index is 2.49. The molecule has 0 saturated carbocycles. The van der Waals surface area contributed by atoms with Crippen LogP contribution in [-0.2, 0) is 4.79 Å². The van der Waals surface area contributed by atoms with E-state index in [4.69, 9.17) is 0 Å². The van der Waals surface area contributed by atoms with E-state index in [1.807, 2.05) is 11.9 Å². The molecule has 1 amide bonds. The first-order valence-corrected chi connectivity index (χ1v) is 4.01. The number of anilines is 2. The van der Waals surface area contributed by atoms with Gasteiger partial charge in [0.25, 0.3) is 0 Å². The van der Waals surface area contributed by atoms with Crippen molar-refractivity contribution >= 4 is 17.3 Å². The predicted octanol–water partition coefficient (Wildman–Crippen LogP) is 0.780. The Labute approximate surface area is 75.8 Å². The van der Waals surface area contributed by atoms with E-state index in [-0.39, 0.29) is 11.7 Å². The first kappa shape index (κ1) is 7.91. The number of aromatic hydroxyl groups is 1. The number of amides is 1. The topological polar surface area (TPSA) is 52.6 Å². The highest BCUT2D eigenvalue weighted by atomic mass is 16.3. The van der Waals surface area contributed by atoms with Gasteiger partial charge in [0.1, 0.15) is 5.75 Å². The molecule has 68 valence electrons. The summed E-state index contributed by atoms with van der Waals surface area (Å²) in [4.78, 5) is 13.0. The standard InChI is InChI=1S/C9H10N2O2/c1-11-5-9(13)10-7-4-6(12)2-3-8(7)11/h2-4,12H,5H2,1H3,(H,10,13). The van der Waals surface area contributed by atoms with Gasteiger partial charge in [-0.2, -0.15) is 0 Å². The van der Waals surface area contributed by atoms with Crippen molar-refractivity contribution < 1.29 is 9.90 Å².